The average molecular weight is 793 g/mol. The molecule has 6 nitrogen and oxygen atoms in total. The van der Waals surface area contributed by atoms with Gasteiger partial charge in [-0.15, -0.1) is 0 Å². The van der Waals surface area contributed by atoms with E-state index >= 15 is 0 Å². The van der Waals surface area contributed by atoms with E-state index in [0.29, 0.717) is 6.42 Å². The lowest BCUT2D eigenvalue weighted by molar-refractivity contribution is -0.166. The van der Waals surface area contributed by atoms with Gasteiger partial charge in [0.1, 0.15) is 13.2 Å². The molecule has 1 unspecified atom stereocenters. The standard InChI is InChI=1S/C51H84O6/c1-4-7-10-13-16-19-21-23-24-25-26-28-29-32-35-38-41-44-50(53)56-47-48(46-55-49(52)43-40-37-34-31-18-15-12-9-6-3)57-51(54)45-42-39-36-33-30-27-22-20-17-14-11-8-5-2/h8-9,11-12,14,17-18,20,22-24,31,37,40,48H,4-7,10,13,15-16,19,21,25-30,32-36,38-39,41-47H2,1-3H3/b11-8-,12-9-,17-14-,22-20-,24-23-,31-18-,40-37-. The van der Waals surface area contributed by atoms with Crippen LogP contribution in [0.2, 0.25) is 0 Å². The van der Waals surface area contributed by atoms with E-state index < -0.39 is 12.1 Å². The molecular formula is C51H84O6. The van der Waals surface area contributed by atoms with Crippen LogP contribution in [0.15, 0.2) is 85.1 Å². The first-order chi connectivity index (χ1) is 28.0. The second-order valence-corrected chi connectivity index (χ2v) is 15.0. The Morgan fingerprint density at radius 3 is 1.40 bits per heavy atom. The number of hydrogen-bond acceptors (Lipinski definition) is 6. The zero-order chi connectivity index (χ0) is 41.5. The van der Waals surface area contributed by atoms with Crippen molar-refractivity contribution in [3.8, 4) is 0 Å². The summed E-state index contributed by atoms with van der Waals surface area (Å²) < 4.78 is 16.6. The lowest BCUT2D eigenvalue weighted by Gasteiger charge is -2.18. The summed E-state index contributed by atoms with van der Waals surface area (Å²) in [6, 6.07) is 0. The van der Waals surface area contributed by atoms with Gasteiger partial charge in [0.15, 0.2) is 6.10 Å². The normalized spacial score (nSPS) is 12.8. The summed E-state index contributed by atoms with van der Waals surface area (Å²) in [7, 11) is 0. The third-order valence-electron chi connectivity index (χ3n) is 9.46. The van der Waals surface area contributed by atoms with Crippen LogP contribution < -0.4 is 0 Å². The average Bonchev–Trinajstić information content (AvgIpc) is 3.21. The van der Waals surface area contributed by atoms with Gasteiger partial charge in [-0.3, -0.25) is 14.4 Å². The van der Waals surface area contributed by atoms with Crippen LogP contribution in [0.25, 0.3) is 0 Å². The van der Waals surface area contributed by atoms with Gasteiger partial charge in [-0.25, -0.2) is 0 Å². The highest BCUT2D eigenvalue weighted by molar-refractivity contribution is 5.72. The summed E-state index contributed by atoms with van der Waals surface area (Å²) in [6.45, 7) is 6.24. The molecule has 0 rings (SSSR count). The minimum absolute atomic E-state index is 0.115. The summed E-state index contributed by atoms with van der Waals surface area (Å²) in [5.41, 5.74) is 0. The molecular weight excluding hydrogens is 709 g/mol. The molecule has 57 heavy (non-hydrogen) atoms. The van der Waals surface area contributed by atoms with Crippen LogP contribution in [-0.4, -0.2) is 37.2 Å². The van der Waals surface area contributed by atoms with Crippen LogP contribution in [0.3, 0.4) is 0 Å². The van der Waals surface area contributed by atoms with Crippen molar-refractivity contribution in [3.05, 3.63) is 85.1 Å². The van der Waals surface area contributed by atoms with Crippen LogP contribution in [-0.2, 0) is 28.6 Å². The number of hydrogen-bond donors (Lipinski definition) is 0. The fourth-order valence-electron chi connectivity index (χ4n) is 6.03. The molecule has 0 spiro atoms. The summed E-state index contributed by atoms with van der Waals surface area (Å²) in [6.07, 6.45) is 57.5. The maximum absolute atomic E-state index is 12.7. The van der Waals surface area contributed by atoms with E-state index in [-0.39, 0.29) is 38.0 Å². The van der Waals surface area contributed by atoms with Gasteiger partial charge in [-0.2, -0.15) is 0 Å². The Labute approximate surface area is 350 Å². The van der Waals surface area contributed by atoms with Gasteiger partial charge in [0.25, 0.3) is 0 Å². The van der Waals surface area contributed by atoms with E-state index in [1.165, 1.54) is 77.0 Å². The Bertz CT molecular complexity index is 1140. The summed E-state index contributed by atoms with van der Waals surface area (Å²) >= 11 is 0. The van der Waals surface area contributed by atoms with E-state index in [1.54, 1.807) is 6.08 Å². The molecule has 0 aliphatic carbocycles. The molecule has 6 heteroatoms. The molecule has 0 fully saturated rings. The number of carbonyl (C=O) groups excluding carboxylic acids is 3. The first kappa shape index (κ1) is 53.6. The Kier molecular flexibility index (Phi) is 42.6. The van der Waals surface area contributed by atoms with Crippen LogP contribution >= 0.6 is 0 Å². The predicted molar refractivity (Wildman–Crippen MR) is 242 cm³/mol. The smallest absolute Gasteiger partial charge is 0.309 e. The zero-order valence-electron chi connectivity index (χ0n) is 36.8. The lowest BCUT2D eigenvalue weighted by atomic mass is 10.1. The van der Waals surface area contributed by atoms with Crippen molar-refractivity contribution in [2.24, 2.45) is 0 Å². The molecule has 0 bridgehead atoms. The summed E-state index contributed by atoms with van der Waals surface area (Å²) in [5, 5.41) is 0. The minimum Gasteiger partial charge on any atom is -0.462 e. The van der Waals surface area contributed by atoms with Gasteiger partial charge < -0.3 is 14.2 Å². The molecule has 0 aliphatic heterocycles. The van der Waals surface area contributed by atoms with E-state index in [0.717, 1.165) is 83.5 Å². The van der Waals surface area contributed by atoms with Gasteiger partial charge in [-0.1, -0.05) is 189 Å². The number of unbranched alkanes of at least 4 members (excludes halogenated alkanes) is 18. The van der Waals surface area contributed by atoms with Gasteiger partial charge >= 0.3 is 17.9 Å². The van der Waals surface area contributed by atoms with Crippen LogP contribution in [0, 0.1) is 0 Å². The summed E-state index contributed by atoms with van der Waals surface area (Å²) in [4.78, 5) is 37.6. The van der Waals surface area contributed by atoms with E-state index in [4.69, 9.17) is 14.2 Å². The first-order valence-corrected chi connectivity index (χ1v) is 23.1. The second kappa shape index (κ2) is 45.3. The van der Waals surface area contributed by atoms with E-state index in [2.05, 4.69) is 87.6 Å². The third kappa shape index (κ3) is 43.6. The van der Waals surface area contributed by atoms with Crippen LogP contribution in [0.5, 0.6) is 0 Å². The molecule has 0 saturated carbocycles. The Balaban J connectivity index is 4.42. The van der Waals surface area contributed by atoms with Gasteiger partial charge in [0.05, 0.1) is 6.42 Å². The second-order valence-electron chi connectivity index (χ2n) is 15.0. The largest absolute Gasteiger partial charge is 0.462 e. The molecule has 0 amide bonds. The number of esters is 3. The molecule has 324 valence electrons. The highest BCUT2D eigenvalue weighted by atomic mass is 16.6. The highest BCUT2D eigenvalue weighted by Crippen LogP contribution is 2.13. The van der Waals surface area contributed by atoms with Crippen molar-refractivity contribution in [1.82, 2.24) is 0 Å². The zero-order valence-corrected chi connectivity index (χ0v) is 36.8. The quantitative estimate of drug-likeness (QED) is 0.0202. The Morgan fingerprint density at radius 2 is 0.842 bits per heavy atom. The molecule has 0 aromatic heterocycles. The van der Waals surface area contributed by atoms with Gasteiger partial charge in [0, 0.05) is 12.8 Å². The number of carbonyl (C=O) groups is 3. The van der Waals surface area contributed by atoms with Crippen molar-refractivity contribution >= 4 is 17.9 Å². The predicted octanol–water partition coefficient (Wildman–Crippen LogP) is 14.9. The van der Waals surface area contributed by atoms with E-state index in [9.17, 15) is 14.4 Å². The molecule has 0 aromatic carbocycles. The lowest BCUT2D eigenvalue weighted by Crippen LogP contribution is -2.30. The SMILES string of the molecule is CC\C=C/C=C\C=C/CCCCCCCC(=O)OC(COC(=O)C/C=C\C/C=C\C/C=C\CC)COC(=O)CCCCCCCCC/C=C\CCCCCCCC. The molecule has 0 heterocycles. The van der Waals surface area contributed by atoms with Crippen molar-refractivity contribution in [3.63, 3.8) is 0 Å². The third-order valence-corrected chi connectivity index (χ3v) is 9.46. The fourth-order valence-corrected chi connectivity index (χ4v) is 6.03. The maximum atomic E-state index is 12.7. The topological polar surface area (TPSA) is 78.9 Å². The highest BCUT2D eigenvalue weighted by Gasteiger charge is 2.19. The fraction of sp³-hybridized carbons (Fsp3) is 0.667. The van der Waals surface area contributed by atoms with E-state index in [1.807, 2.05) is 12.2 Å². The van der Waals surface area contributed by atoms with Crippen LogP contribution in [0.4, 0.5) is 0 Å². The minimum atomic E-state index is -0.822. The molecule has 0 radical (unpaired) electrons. The van der Waals surface area contributed by atoms with Gasteiger partial charge in [-0.05, 0) is 77.0 Å². The van der Waals surface area contributed by atoms with Crippen molar-refractivity contribution in [1.29, 1.82) is 0 Å². The number of rotatable bonds is 40. The number of ether oxygens (including phenoxy) is 3. The Hall–Kier alpha value is -3.41. The Morgan fingerprint density at radius 1 is 0.404 bits per heavy atom. The monoisotopic (exact) mass is 793 g/mol. The maximum Gasteiger partial charge on any atom is 0.309 e. The molecule has 0 aliphatic rings. The molecule has 1 atom stereocenters. The molecule has 0 N–H and O–H groups in total. The first-order valence-electron chi connectivity index (χ1n) is 23.1. The molecule has 0 aromatic rings. The van der Waals surface area contributed by atoms with Crippen molar-refractivity contribution in [2.45, 2.75) is 207 Å². The van der Waals surface area contributed by atoms with Gasteiger partial charge in [0.2, 0.25) is 0 Å². The number of allylic oxidation sites excluding steroid dienone is 13. The summed E-state index contributed by atoms with van der Waals surface area (Å²) in [5.74, 6) is -1.08. The molecule has 0 saturated heterocycles. The van der Waals surface area contributed by atoms with Crippen LogP contribution in [0.1, 0.15) is 201 Å². The van der Waals surface area contributed by atoms with Crippen molar-refractivity contribution < 1.29 is 28.6 Å². The van der Waals surface area contributed by atoms with Crippen molar-refractivity contribution in [2.75, 3.05) is 13.2 Å².